The lowest BCUT2D eigenvalue weighted by molar-refractivity contribution is 0.0945. The number of carbonyl (C=O) groups is 1. The Bertz CT molecular complexity index is 1060. The molecule has 0 aliphatic carbocycles. The number of nitrogens with zero attached hydrogens (tertiary/aromatic N) is 5. The average molecular weight is 362 g/mol. The smallest absolute Gasteiger partial charge is 0.272 e. The van der Waals surface area contributed by atoms with Gasteiger partial charge in [0.25, 0.3) is 5.91 Å². The number of rotatable bonds is 5. The fourth-order valence-corrected chi connectivity index (χ4v) is 2.56. The fourth-order valence-electron chi connectivity index (χ4n) is 2.56. The van der Waals surface area contributed by atoms with E-state index < -0.39 is 0 Å². The van der Waals surface area contributed by atoms with Crippen LogP contribution >= 0.6 is 0 Å². The van der Waals surface area contributed by atoms with Crippen LogP contribution in [0.25, 0.3) is 11.5 Å². The minimum absolute atomic E-state index is 0.281. The van der Waals surface area contributed by atoms with Crippen molar-refractivity contribution in [2.24, 2.45) is 0 Å². The number of hydrogen-bond acceptors (Lipinski definition) is 4. The van der Waals surface area contributed by atoms with Crippen LogP contribution < -0.4 is 5.32 Å². The van der Waals surface area contributed by atoms with Gasteiger partial charge in [0.2, 0.25) is 0 Å². The maximum Gasteiger partial charge on any atom is 0.272 e. The van der Waals surface area contributed by atoms with Gasteiger partial charge in [0.05, 0.1) is 5.69 Å². The second-order valence-electron chi connectivity index (χ2n) is 5.80. The highest BCUT2D eigenvalue weighted by Gasteiger charge is 2.10. The summed E-state index contributed by atoms with van der Waals surface area (Å²) in [5.41, 5.74) is 1.86. The molecule has 7 nitrogen and oxygen atoms in total. The van der Waals surface area contributed by atoms with E-state index >= 15 is 0 Å². The van der Waals surface area contributed by atoms with Gasteiger partial charge in [-0.25, -0.2) is 19.0 Å². The lowest BCUT2D eigenvalue weighted by Crippen LogP contribution is -2.23. The molecule has 1 N–H and O–H groups in total. The van der Waals surface area contributed by atoms with Gasteiger partial charge < -0.3 is 5.32 Å². The molecule has 0 unspecified atom stereocenters. The van der Waals surface area contributed by atoms with Crippen LogP contribution in [0.3, 0.4) is 0 Å². The van der Waals surface area contributed by atoms with E-state index in [1.807, 2.05) is 12.1 Å². The predicted octanol–water partition coefficient (Wildman–Crippen LogP) is 2.52. The van der Waals surface area contributed by atoms with E-state index in [1.54, 1.807) is 53.9 Å². The van der Waals surface area contributed by atoms with Crippen molar-refractivity contribution in [2.45, 2.75) is 6.54 Å². The van der Waals surface area contributed by atoms with Crippen LogP contribution in [-0.4, -0.2) is 30.2 Å². The Morgan fingerprint density at radius 3 is 2.70 bits per heavy atom. The highest BCUT2D eigenvalue weighted by Crippen LogP contribution is 2.10. The van der Waals surface area contributed by atoms with E-state index in [-0.39, 0.29) is 17.4 Å². The Morgan fingerprint density at radius 2 is 1.93 bits per heavy atom. The molecule has 0 saturated heterocycles. The topological polar surface area (TPSA) is 77.6 Å². The number of benzene rings is 1. The van der Waals surface area contributed by atoms with Gasteiger partial charge in [-0.2, -0.15) is 5.10 Å². The Morgan fingerprint density at radius 1 is 1.07 bits per heavy atom. The molecule has 3 heterocycles. The predicted molar refractivity (Wildman–Crippen MR) is 96.1 cm³/mol. The number of pyridine rings is 1. The second-order valence-corrected chi connectivity index (χ2v) is 5.80. The standard InChI is InChI=1S/C19H15FN6O/c20-15-1-3-16(4-2-15)26-9-6-17(24-26)19(27)23-12-14-5-7-22-18(11-14)25-10-8-21-13-25/h1-11,13H,12H2,(H,23,27). The summed E-state index contributed by atoms with van der Waals surface area (Å²) in [4.78, 5) is 20.6. The van der Waals surface area contributed by atoms with E-state index in [0.717, 1.165) is 11.4 Å². The van der Waals surface area contributed by atoms with Crippen molar-refractivity contribution in [1.82, 2.24) is 29.6 Å². The molecular formula is C19H15FN6O. The summed E-state index contributed by atoms with van der Waals surface area (Å²) in [7, 11) is 0. The number of hydrogen-bond donors (Lipinski definition) is 1. The van der Waals surface area contributed by atoms with Crippen molar-refractivity contribution >= 4 is 5.91 Å². The molecule has 4 rings (SSSR count). The molecule has 134 valence electrons. The summed E-state index contributed by atoms with van der Waals surface area (Å²) < 4.78 is 16.3. The molecular weight excluding hydrogens is 347 g/mol. The third-order valence-electron chi connectivity index (χ3n) is 3.94. The summed E-state index contributed by atoms with van der Waals surface area (Å²) in [6, 6.07) is 11.2. The van der Waals surface area contributed by atoms with Gasteiger partial charge >= 0.3 is 0 Å². The van der Waals surface area contributed by atoms with Gasteiger partial charge in [-0.05, 0) is 48.0 Å². The number of nitrogens with one attached hydrogen (secondary N) is 1. The average Bonchev–Trinajstić information content (AvgIpc) is 3.39. The zero-order valence-corrected chi connectivity index (χ0v) is 14.2. The first-order valence-corrected chi connectivity index (χ1v) is 8.22. The van der Waals surface area contributed by atoms with Crippen LogP contribution in [-0.2, 0) is 6.54 Å². The number of imidazole rings is 1. The molecule has 0 saturated carbocycles. The Kier molecular flexibility index (Phi) is 4.44. The van der Waals surface area contributed by atoms with Crippen molar-refractivity contribution < 1.29 is 9.18 Å². The third-order valence-corrected chi connectivity index (χ3v) is 3.94. The first-order chi connectivity index (χ1) is 13.2. The van der Waals surface area contributed by atoms with Gasteiger partial charge in [0.15, 0.2) is 5.69 Å². The summed E-state index contributed by atoms with van der Waals surface area (Å²) in [5, 5.41) is 7.07. The molecule has 0 aliphatic rings. The number of carbonyl (C=O) groups excluding carboxylic acids is 1. The zero-order chi connectivity index (χ0) is 18.6. The lowest BCUT2D eigenvalue weighted by Gasteiger charge is -2.06. The van der Waals surface area contributed by atoms with Crippen LogP contribution in [0.1, 0.15) is 16.1 Å². The van der Waals surface area contributed by atoms with E-state index in [0.29, 0.717) is 12.2 Å². The molecule has 0 fully saturated rings. The molecule has 1 aromatic carbocycles. The van der Waals surface area contributed by atoms with Crippen LogP contribution in [0.5, 0.6) is 0 Å². The van der Waals surface area contributed by atoms with Gasteiger partial charge in [-0.1, -0.05) is 0 Å². The molecule has 27 heavy (non-hydrogen) atoms. The Balaban J connectivity index is 1.43. The van der Waals surface area contributed by atoms with E-state index in [2.05, 4.69) is 20.4 Å². The number of halogens is 1. The first-order valence-electron chi connectivity index (χ1n) is 8.22. The molecule has 0 spiro atoms. The Hall–Kier alpha value is -3.81. The summed E-state index contributed by atoms with van der Waals surface area (Å²) in [6.07, 6.45) is 8.47. The van der Waals surface area contributed by atoms with Crippen molar-refractivity contribution in [3.63, 3.8) is 0 Å². The monoisotopic (exact) mass is 362 g/mol. The third kappa shape index (κ3) is 3.74. The Labute approximate surface area is 154 Å². The van der Waals surface area contributed by atoms with Gasteiger partial charge in [-0.15, -0.1) is 0 Å². The summed E-state index contributed by atoms with van der Waals surface area (Å²) >= 11 is 0. The SMILES string of the molecule is O=C(NCc1ccnc(-n2ccnc2)c1)c1ccn(-c2ccc(F)cc2)n1. The fraction of sp³-hybridized carbons (Fsp3) is 0.0526. The van der Waals surface area contributed by atoms with Crippen LogP contribution in [0.2, 0.25) is 0 Å². The molecule has 0 bridgehead atoms. The maximum absolute atomic E-state index is 13.0. The van der Waals surface area contributed by atoms with Crippen molar-refractivity contribution in [2.75, 3.05) is 0 Å². The lowest BCUT2D eigenvalue weighted by atomic mass is 10.2. The number of amides is 1. The zero-order valence-electron chi connectivity index (χ0n) is 14.2. The van der Waals surface area contributed by atoms with E-state index in [4.69, 9.17) is 0 Å². The molecule has 0 atom stereocenters. The first kappa shape index (κ1) is 16.6. The quantitative estimate of drug-likeness (QED) is 0.592. The highest BCUT2D eigenvalue weighted by molar-refractivity contribution is 5.92. The molecule has 0 radical (unpaired) electrons. The summed E-state index contributed by atoms with van der Waals surface area (Å²) in [6.45, 7) is 0.340. The van der Waals surface area contributed by atoms with Gasteiger partial charge in [0, 0.05) is 31.3 Å². The van der Waals surface area contributed by atoms with E-state index in [9.17, 15) is 9.18 Å². The molecule has 1 amide bonds. The second kappa shape index (κ2) is 7.20. The summed E-state index contributed by atoms with van der Waals surface area (Å²) in [5.74, 6) is 0.105. The van der Waals surface area contributed by atoms with Crippen molar-refractivity contribution in [1.29, 1.82) is 0 Å². The van der Waals surface area contributed by atoms with Crippen molar-refractivity contribution in [3.8, 4) is 11.5 Å². The minimum Gasteiger partial charge on any atom is -0.347 e. The molecule has 4 aromatic rings. The number of aromatic nitrogens is 5. The van der Waals surface area contributed by atoms with E-state index in [1.165, 1.54) is 16.8 Å². The largest absolute Gasteiger partial charge is 0.347 e. The maximum atomic E-state index is 13.0. The van der Waals surface area contributed by atoms with Gasteiger partial charge in [0.1, 0.15) is 18.0 Å². The van der Waals surface area contributed by atoms with Crippen molar-refractivity contribution in [3.05, 3.63) is 90.7 Å². The van der Waals surface area contributed by atoms with Crippen LogP contribution in [0.15, 0.2) is 73.6 Å². The molecule has 8 heteroatoms. The van der Waals surface area contributed by atoms with Crippen LogP contribution in [0, 0.1) is 5.82 Å². The van der Waals surface area contributed by atoms with Gasteiger partial charge in [-0.3, -0.25) is 9.36 Å². The minimum atomic E-state index is -0.323. The highest BCUT2D eigenvalue weighted by atomic mass is 19.1. The van der Waals surface area contributed by atoms with Crippen LogP contribution in [0.4, 0.5) is 4.39 Å². The molecule has 3 aromatic heterocycles. The molecule has 0 aliphatic heterocycles. The normalized spacial score (nSPS) is 10.7.